The number of nitrogens with one attached hydrogen (secondary N) is 1. The molecule has 0 aliphatic carbocycles. The Morgan fingerprint density at radius 3 is 2.42 bits per heavy atom. The number of phenolic OH excluding ortho intramolecular Hbond substituents is 2. The van der Waals surface area contributed by atoms with E-state index in [0.717, 1.165) is 33.3 Å². The first-order chi connectivity index (χ1) is 24.2. The number of fused-ring (bicyclic) bond motifs is 1. The van der Waals surface area contributed by atoms with Gasteiger partial charge in [0.05, 0.1) is 35.0 Å². The Labute approximate surface area is 312 Å². The molecule has 276 valence electrons. The van der Waals surface area contributed by atoms with Crippen LogP contribution in [0.5, 0.6) is 11.5 Å². The van der Waals surface area contributed by atoms with E-state index in [1.807, 2.05) is 5.43 Å². The van der Waals surface area contributed by atoms with Crippen LogP contribution in [-0.4, -0.2) is 129 Å². The van der Waals surface area contributed by atoms with Crippen molar-refractivity contribution < 1.29 is 63.6 Å². The van der Waals surface area contributed by atoms with Crippen molar-refractivity contribution in [1.82, 2.24) is 25.2 Å². The van der Waals surface area contributed by atoms with Gasteiger partial charge < -0.3 is 40.8 Å². The molecule has 3 saturated heterocycles. The molecule has 0 bridgehead atoms. The van der Waals surface area contributed by atoms with E-state index >= 15 is 0 Å². The van der Waals surface area contributed by atoms with Gasteiger partial charge in [0.15, 0.2) is 28.1 Å². The van der Waals surface area contributed by atoms with E-state index in [9.17, 15) is 58.8 Å². The molecule has 3 aliphatic rings. The molecular weight excluding hydrogens is 822 g/mol. The number of carboxylic acid groups (broad SMARTS) is 2. The third kappa shape index (κ3) is 6.59. The van der Waals surface area contributed by atoms with Gasteiger partial charge in [-0.2, -0.15) is 0 Å². The average Bonchev–Trinajstić information content (AvgIpc) is 3.61. The molecule has 3 aliphatic heterocycles. The number of oxime groups is 1. The van der Waals surface area contributed by atoms with E-state index in [0.29, 0.717) is 16.8 Å². The summed E-state index contributed by atoms with van der Waals surface area (Å²) in [5.41, 5.74) is 4.75. The predicted octanol–water partition coefficient (Wildman–Crippen LogP) is -0.00740. The number of nitrogens with zero attached hydrogens (tertiary/aromatic N) is 5. The van der Waals surface area contributed by atoms with Crippen LogP contribution in [0.15, 0.2) is 21.1 Å². The van der Waals surface area contributed by atoms with Crippen LogP contribution in [-0.2, 0) is 38.4 Å². The average molecular weight is 847 g/mol. The molecule has 24 heteroatoms. The van der Waals surface area contributed by atoms with Gasteiger partial charge in [-0.25, -0.2) is 19.6 Å². The Kier molecular flexibility index (Phi) is 10.2. The maximum Gasteiger partial charge on any atom is 0.350 e. The van der Waals surface area contributed by atoms with E-state index in [-0.39, 0.29) is 14.6 Å². The van der Waals surface area contributed by atoms with Crippen molar-refractivity contribution in [3.63, 3.8) is 0 Å². The van der Waals surface area contributed by atoms with Gasteiger partial charge in [0.25, 0.3) is 5.78 Å². The SMILES string of the molecule is CC(C)(O/N=C(\C(=O)CC1C(=O)N2C[C@@](C(=O)O)(N3CCN(NC(=O)C(=O)c4ccc(O)c(O)c4Cl)C(=O)C3=O)S[C@H]12)c1nc(N)sc1Br)C(=O)O. The number of thioether (sulfide) groups is 1. The molecule has 3 atom stereocenters. The molecule has 1 aromatic heterocycles. The summed E-state index contributed by atoms with van der Waals surface area (Å²) in [6.45, 7) is 0.813. The normalized spacial score (nSPS) is 21.8. The van der Waals surface area contributed by atoms with Gasteiger partial charge >= 0.3 is 29.7 Å². The fraction of sp³-hybridized carbons (Fsp3) is 0.357. The number of ketones is 2. The van der Waals surface area contributed by atoms with E-state index in [1.165, 1.54) is 13.8 Å². The van der Waals surface area contributed by atoms with Gasteiger partial charge in [0.2, 0.25) is 16.4 Å². The third-order valence-electron chi connectivity index (χ3n) is 8.10. The first-order valence-electron chi connectivity index (χ1n) is 14.6. The number of aliphatic carboxylic acids is 2. The highest BCUT2D eigenvalue weighted by molar-refractivity contribution is 9.11. The second-order valence-corrected chi connectivity index (χ2v) is 15.9. The van der Waals surface area contributed by atoms with Crippen LogP contribution in [0.4, 0.5) is 5.13 Å². The van der Waals surface area contributed by atoms with Crippen LogP contribution >= 0.6 is 50.6 Å². The van der Waals surface area contributed by atoms with Crippen molar-refractivity contribution in [2.75, 3.05) is 25.4 Å². The monoisotopic (exact) mass is 845 g/mol. The highest BCUT2D eigenvalue weighted by Crippen LogP contribution is 2.52. The largest absolute Gasteiger partial charge is 0.504 e. The first kappa shape index (κ1) is 38.2. The van der Waals surface area contributed by atoms with E-state index in [2.05, 4.69) is 26.1 Å². The zero-order chi connectivity index (χ0) is 38.6. The van der Waals surface area contributed by atoms with Gasteiger partial charge in [0, 0.05) is 13.0 Å². The number of nitrogens with two attached hydrogens (primary N) is 1. The highest BCUT2D eigenvalue weighted by Gasteiger charge is 2.66. The lowest BCUT2D eigenvalue weighted by molar-refractivity contribution is -0.168. The number of rotatable bonds is 12. The number of anilines is 1. The number of β-lactam (4-membered cyclic amide) rings is 1. The Bertz CT molecular complexity index is 2010. The molecule has 4 amide bonds. The molecule has 5 rings (SSSR count). The number of hydrogen-bond donors (Lipinski definition) is 6. The topological polar surface area (TPSA) is 300 Å². The Balaban J connectivity index is 1.31. The number of aromatic nitrogens is 1. The molecule has 1 aromatic carbocycles. The van der Waals surface area contributed by atoms with Crippen LogP contribution in [0.2, 0.25) is 5.02 Å². The maximum absolute atomic E-state index is 13.6. The van der Waals surface area contributed by atoms with Crippen LogP contribution in [0.3, 0.4) is 0 Å². The zero-order valence-corrected chi connectivity index (χ0v) is 30.5. The van der Waals surface area contributed by atoms with Crippen molar-refractivity contribution in [3.8, 4) is 11.5 Å². The predicted molar refractivity (Wildman–Crippen MR) is 181 cm³/mol. The summed E-state index contributed by atoms with van der Waals surface area (Å²) in [6, 6.07) is 1.84. The number of nitrogen functional groups attached to an aromatic ring is 1. The molecule has 4 heterocycles. The van der Waals surface area contributed by atoms with Crippen LogP contribution in [0.25, 0.3) is 0 Å². The van der Waals surface area contributed by atoms with Gasteiger partial charge in [-0.1, -0.05) is 39.9 Å². The summed E-state index contributed by atoms with van der Waals surface area (Å²) in [5.74, 6) is -12.7. The lowest BCUT2D eigenvalue weighted by Gasteiger charge is -2.41. The number of carboxylic acids is 2. The van der Waals surface area contributed by atoms with Crippen molar-refractivity contribution in [1.29, 1.82) is 0 Å². The third-order valence-corrected chi connectivity index (χ3v) is 11.8. The second-order valence-electron chi connectivity index (χ2n) is 11.8. The number of hydrogen-bond acceptors (Lipinski definition) is 16. The number of thiazole rings is 1. The molecule has 0 spiro atoms. The molecule has 2 aromatic rings. The summed E-state index contributed by atoms with van der Waals surface area (Å²) >= 11 is 10.6. The van der Waals surface area contributed by atoms with E-state index in [4.69, 9.17) is 22.2 Å². The number of amides is 4. The van der Waals surface area contributed by atoms with E-state index in [1.54, 1.807) is 0 Å². The fourth-order valence-corrected chi connectivity index (χ4v) is 8.52. The standard InChI is InChI=1S/C28H25BrClN7O13S2/c1-27(2,24(46)47)50-34-14(15-18(29)51-26(31)32-15)12(39)7-10-20(43)35-8-28(25(48)49,52-23(10)35)36-5-6-37(22(45)21(36)44)33-19(42)16(40)9-3-4-11(38)17(41)13(9)30/h3-4,10,23,38,41H,5-8H2,1-2H3,(H2,31,32)(H,33,42)(H,46,47)(H,48,49)/b34-14+/t10?,23-,28-/m1/s1. The van der Waals surface area contributed by atoms with Crippen molar-refractivity contribution in [2.45, 2.75) is 36.1 Å². The van der Waals surface area contributed by atoms with Gasteiger partial charge in [-0.15, -0.1) is 0 Å². The van der Waals surface area contributed by atoms with Gasteiger partial charge in [-0.05, 0) is 41.9 Å². The summed E-state index contributed by atoms with van der Waals surface area (Å²) in [7, 11) is 0. The summed E-state index contributed by atoms with van der Waals surface area (Å²) in [4.78, 5) is 112. The number of benzene rings is 1. The van der Waals surface area contributed by atoms with Crippen molar-refractivity contribution in [3.05, 3.63) is 32.2 Å². The molecule has 52 heavy (non-hydrogen) atoms. The molecule has 0 saturated carbocycles. The number of carbonyl (C=O) groups excluding carboxylic acids is 6. The molecule has 3 fully saturated rings. The minimum Gasteiger partial charge on any atom is -0.504 e. The lowest BCUT2D eigenvalue weighted by atomic mass is 9.90. The number of piperazine rings is 1. The van der Waals surface area contributed by atoms with Crippen LogP contribution < -0.4 is 11.2 Å². The minimum atomic E-state index is -2.20. The second kappa shape index (κ2) is 13.9. The number of hydrazine groups is 1. The molecule has 0 radical (unpaired) electrons. The Morgan fingerprint density at radius 1 is 1.15 bits per heavy atom. The maximum atomic E-state index is 13.6. The van der Waals surface area contributed by atoms with Gasteiger partial charge in [0.1, 0.15) is 9.48 Å². The summed E-state index contributed by atoms with van der Waals surface area (Å²) in [5, 5.41) is 41.7. The van der Waals surface area contributed by atoms with E-state index < -0.39 is 123 Å². The quantitative estimate of drug-likeness (QED) is 0.0409. The molecular formula is C28H25BrClN7O13S2. The molecule has 20 nitrogen and oxygen atoms in total. The number of aromatic hydroxyl groups is 2. The number of Topliss-reactive ketones (excluding diaryl/α,β-unsaturated/α-hetero) is 2. The number of carbonyl (C=O) groups is 8. The smallest absolute Gasteiger partial charge is 0.350 e. The Hall–Kier alpha value is -5.00. The number of halogens is 2. The zero-order valence-electron chi connectivity index (χ0n) is 26.5. The lowest BCUT2D eigenvalue weighted by Crippen LogP contribution is -2.67. The number of phenols is 2. The highest BCUT2D eigenvalue weighted by atomic mass is 79.9. The van der Waals surface area contributed by atoms with Crippen molar-refractivity contribution in [2.24, 2.45) is 11.1 Å². The first-order valence-corrected chi connectivity index (χ1v) is 17.4. The minimum absolute atomic E-state index is 0.0239. The van der Waals surface area contributed by atoms with Crippen LogP contribution in [0.1, 0.15) is 36.3 Å². The molecule has 7 N–H and O–H groups in total. The van der Waals surface area contributed by atoms with Gasteiger partial charge in [-0.3, -0.25) is 34.2 Å². The summed E-state index contributed by atoms with van der Waals surface area (Å²) in [6.07, 6.45) is -0.564. The Morgan fingerprint density at radius 2 is 1.83 bits per heavy atom. The van der Waals surface area contributed by atoms with Crippen LogP contribution in [0, 0.1) is 5.92 Å². The van der Waals surface area contributed by atoms with Crippen molar-refractivity contribution >= 4 is 109 Å². The molecule has 1 unspecified atom stereocenters. The summed E-state index contributed by atoms with van der Waals surface area (Å²) < 4.78 is 0.252. The fourth-order valence-electron chi connectivity index (χ4n) is 5.24.